The van der Waals surface area contributed by atoms with Gasteiger partial charge < -0.3 is 15.0 Å². The minimum absolute atomic E-state index is 0. The number of hydrogen-bond donors (Lipinski definition) is 1. The van der Waals surface area contributed by atoms with E-state index in [9.17, 15) is 4.79 Å². The molecule has 1 atom stereocenters. The number of carbonyl (C=O) groups excluding carboxylic acids is 1. The molecular weight excluding hydrogens is 311 g/mol. The largest absolute Gasteiger partial charge is 0.378 e. The molecule has 2 rings (SSSR count). The molecule has 1 amide bonds. The Morgan fingerprint density at radius 1 is 1.52 bits per heavy atom. The summed E-state index contributed by atoms with van der Waals surface area (Å²) in [7, 11) is 0. The van der Waals surface area contributed by atoms with E-state index < -0.39 is 0 Å². The molecule has 0 saturated carbocycles. The van der Waals surface area contributed by atoms with Gasteiger partial charge in [0.25, 0.3) is 0 Å². The van der Waals surface area contributed by atoms with Crippen molar-refractivity contribution in [1.82, 2.24) is 10.2 Å². The molecule has 1 aromatic carbocycles. The second kappa shape index (κ2) is 9.26. The molecule has 1 heterocycles. The highest BCUT2D eigenvalue weighted by Gasteiger charge is 2.20. The fourth-order valence-corrected chi connectivity index (χ4v) is 2.54. The van der Waals surface area contributed by atoms with Gasteiger partial charge in [0.05, 0.1) is 13.2 Å². The minimum Gasteiger partial charge on any atom is -0.378 e. The molecule has 0 aromatic heterocycles. The molecule has 21 heavy (non-hydrogen) atoms. The van der Waals surface area contributed by atoms with Crippen molar-refractivity contribution in [2.75, 3.05) is 26.3 Å². The van der Waals surface area contributed by atoms with Gasteiger partial charge in [-0.2, -0.15) is 0 Å². The highest BCUT2D eigenvalue weighted by atomic mass is 35.5. The summed E-state index contributed by atoms with van der Waals surface area (Å²) >= 11 is 5.98. The highest BCUT2D eigenvalue weighted by molar-refractivity contribution is 6.30. The van der Waals surface area contributed by atoms with E-state index in [4.69, 9.17) is 16.3 Å². The number of hydrogen-bond acceptors (Lipinski definition) is 3. The number of nitrogens with zero attached hydrogens (tertiary/aromatic N) is 1. The molecule has 1 aromatic rings. The fraction of sp³-hybridized carbons (Fsp3) is 0.533. The van der Waals surface area contributed by atoms with Crippen molar-refractivity contribution in [2.24, 2.45) is 0 Å². The lowest BCUT2D eigenvalue weighted by Crippen LogP contribution is -2.45. The van der Waals surface area contributed by atoms with Gasteiger partial charge in [0.2, 0.25) is 5.91 Å². The molecular formula is C15H22Cl2N2O2. The van der Waals surface area contributed by atoms with Gasteiger partial charge in [0, 0.05) is 37.1 Å². The van der Waals surface area contributed by atoms with E-state index in [1.165, 1.54) is 0 Å². The van der Waals surface area contributed by atoms with Crippen LogP contribution in [0.2, 0.25) is 5.02 Å². The smallest absolute Gasteiger partial charge is 0.224 e. The maximum atomic E-state index is 12.3. The standard InChI is InChI=1S/C15H21ClN2O2.ClH/c1-2-18(10-12-4-3-5-13(16)8-12)15(19)9-14-11-20-7-6-17-14;/h3-5,8,14,17H,2,6-7,9-11H2,1H3;1H. The maximum absolute atomic E-state index is 12.3. The van der Waals surface area contributed by atoms with Crippen LogP contribution in [0.4, 0.5) is 0 Å². The first kappa shape index (κ1) is 18.2. The summed E-state index contributed by atoms with van der Waals surface area (Å²) in [6.07, 6.45) is 0.481. The van der Waals surface area contributed by atoms with Crippen molar-refractivity contribution >= 4 is 29.9 Å². The number of morpholine rings is 1. The molecule has 1 aliphatic rings. The first-order valence-electron chi connectivity index (χ1n) is 7.02. The van der Waals surface area contributed by atoms with Crippen LogP contribution in [0.3, 0.4) is 0 Å². The van der Waals surface area contributed by atoms with Crippen molar-refractivity contribution in [3.63, 3.8) is 0 Å². The van der Waals surface area contributed by atoms with Gasteiger partial charge in [-0.25, -0.2) is 0 Å². The average molecular weight is 333 g/mol. The number of rotatable bonds is 5. The molecule has 0 aliphatic carbocycles. The number of amides is 1. The van der Waals surface area contributed by atoms with Crippen molar-refractivity contribution in [3.8, 4) is 0 Å². The Bertz CT molecular complexity index is 451. The highest BCUT2D eigenvalue weighted by Crippen LogP contribution is 2.13. The molecule has 1 fully saturated rings. The number of halogens is 2. The molecule has 1 aliphatic heterocycles. The second-order valence-electron chi connectivity index (χ2n) is 4.97. The van der Waals surface area contributed by atoms with Crippen LogP contribution in [0.15, 0.2) is 24.3 Å². The Morgan fingerprint density at radius 2 is 2.33 bits per heavy atom. The summed E-state index contributed by atoms with van der Waals surface area (Å²) in [5.74, 6) is 0.149. The van der Waals surface area contributed by atoms with E-state index in [-0.39, 0.29) is 24.4 Å². The quantitative estimate of drug-likeness (QED) is 0.900. The van der Waals surface area contributed by atoms with Crippen LogP contribution in [-0.2, 0) is 16.1 Å². The number of ether oxygens (including phenoxy) is 1. The third-order valence-corrected chi connectivity index (χ3v) is 3.65. The molecule has 0 bridgehead atoms. The van der Waals surface area contributed by atoms with Crippen molar-refractivity contribution in [2.45, 2.75) is 25.9 Å². The molecule has 1 saturated heterocycles. The Balaban J connectivity index is 0.00000220. The van der Waals surface area contributed by atoms with E-state index in [2.05, 4.69) is 5.32 Å². The lowest BCUT2D eigenvalue weighted by atomic mass is 10.1. The van der Waals surface area contributed by atoms with Crippen LogP contribution in [0.5, 0.6) is 0 Å². The van der Waals surface area contributed by atoms with Gasteiger partial charge in [-0.3, -0.25) is 4.79 Å². The predicted molar refractivity (Wildman–Crippen MR) is 87.0 cm³/mol. The Morgan fingerprint density at radius 3 is 2.95 bits per heavy atom. The Labute approximate surface area is 137 Å². The molecule has 0 radical (unpaired) electrons. The first-order chi connectivity index (χ1) is 9.69. The Kier molecular flexibility index (Phi) is 8.04. The van der Waals surface area contributed by atoms with E-state index in [0.717, 1.165) is 18.7 Å². The van der Waals surface area contributed by atoms with Crippen LogP contribution in [0, 0.1) is 0 Å². The predicted octanol–water partition coefficient (Wildman–Crippen LogP) is 2.49. The molecule has 1 unspecified atom stereocenters. The van der Waals surface area contributed by atoms with Gasteiger partial charge >= 0.3 is 0 Å². The van der Waals surface area contributed by atoms with Gasteiger partial charge in [0.15, 0.2) is 0 Å². The van der Waals surface area contributed by atoms with Gasteiger partial charge in [-0.15, -0.1) is 12.4 Å². The molecule has 6 heteroatoms. The molecule has 4 nitrogen and oxygen atoms in total. The summed E-state index contributed by atoms with van der Waals surface area (Å²) in [5, 5.41) is 4.01. The van der Waals surface area contributed by atoms with Crippen molar-refractivity contribution < 1.29 is 9.53 Å². The minimum atomic E-state index is 0. The van der Waals surface area contributed by atoms with Crippen LogP contribution in [0.1, 0.15) is 18.9 Å². The monoisotopic (exact) mass is 332 g/mol. The topological polar surface area (TPSA) is 41.6 Å². The lowest BCUT2D eigenvalue weighted by Gasteiger charge is -2.27. The molecule has 1 N–H and O–H groups in total. The zero-order chi connectivity index (χ0) is 14.4. The van der Waals surface area contributed by atoms with Crippen LogP contribution < -0.4 is 5.32 Å². The third kappa shape index (κ3) is 5.83. The summed E-state index contributed by atoms with van der Waals surface area (Å²) in [6.45, 7) is 5.44. The van der Waals surface area contributed by atoms with E-state index in [1.54, 1.807) is 0 Å². The van der Waals surface area contributed by atoms with E-state index >= 15 is 0 Å². The van der Waals surface area contributed by atoms with Gasteiger partial charge in [0.1, 0.15) is 0 Å². The SMILES string of the molecule is CCN(Cc1cccc(Cl)c1)C(=O)CC1COCCN1.Cl. The summed E-state index contributed by atoms with van der Waals surface area (Å²) in [6, 6.07) is 7.77. The average Bonchev–Trinajstić information content (AvgIpc) is 2.46. The second-order valence-corrected chi connectivity index (χ2v) is 5.40. The van der Waals surface area contributed by atoms with Crippen LogP contribution in [-0.4, -0.2) is 43.2 Å². The normalized spacial score (nSPS) is 17.9. The van der Waals surface area contributed by atoms with Crippen LogP contribution >= 0.6 is 24.0 Å². The van der Waals surface area contributed by atoms with Crippen LogP contribution in [0.25, 0.3) is 0 Å². The molecule has 118 valence electrons. The Hall–Kier alpha value is -0.810. The zero-order valence-corrected chi connectivity index (χ0v) is 13.8. The third-order valence-electron chi connectivity index (χ3n) is 3.42. The first-order valence-corrected chi connectivity index (χ1v) is 7.40. The molecule has 0 spiro atoms. The van der Waals surface area contributed by atoms with Gasteiger partial charge in [-0.05, 0) is 24.6 Å². The maximum Gasteiger partial charge on any atom is 0.224 e. The summed E-state index contributed by atoms with van der Waals surface area (Å²) in [4.78, 5) is 14.2. The number of nitrogens with one attached hydrogen (secondary N) is 1. The van der Waals surface area contributed by atoms with Gasteiger partial charge in [-0.1, -0.05) is 23.7 Å². The van der Waals surface area contributed by atoms with Crippen molar-refractivity contribution in [1.29, 1.82) is 0 Å². The summed E-state index contributed by atoms with van der Waals surface area (Å²) in [5.41, 5.74) is 1.06. The zero-order valence-electron chi connectivity index (χ0n) is 12.2. The summed E-state index contributed by atoms with van der Waals surface area (Å²) < 4.78 is 5.38. The van der Waals surface area contributed by atoms with E-state index in [1.807, 2.05) is 36.1 Å². The van der Waals surface area contributed by atoms with E-state index in [0.29, 0.717) is 31.1 Å². The number of benzene rings is 1. The number of carbonyl (C=O) groups is 1. The lowest BCUT2D eigenvalue weighted by molar-refractivity contribution is -0.132. The fourth-order valence-electron chi connectivity index (χ4n) is 2.32. The van der Waals surface area contributed by atoms with Crippen molar-refractivity contribution in [3.05, 3.63) is 34.9 Å².